The van der Waals surface area contributed by atoms with Gasteiger partial charge in [-0.05, 0) is 173 Å². The van der Waals surface area contributed by atoms with Gasteiger partial charge in [0.25, 0.3) is 0 Å². The number of nitrogens with zero attached hydrogens (tertiary/aromatic N) is 4. The molecule has 2 bridgehead atoms. The molecule has 7 aliphatic rings. The van der Waals surface area contributed by atoms with E-state index in [4.69, 9.17) is 29.4 Å². The van der Waals surface area contributed by atoms with Crippen LogP contribution in [0.3, 0.4) is 0 Å². The molecule has 15 aromatic carbocycles. The van der Waals surface area contributed by atoms with E-state index < -0.39 is 10.8 Å². The molecule has 0 fully saturated rings. The molecule has 2 atom stereocenters. The van der Waals surface area contributed by atoms with E-state index in [0.717, 1.165) is 124 Å². The average molecular weight is 1380 g/mol. The average Bonchev–Trinajstić information content (AvgIpc) is 1.59. The highest BCUT2D eigenvalue weighted by Gasteiger charge is 2.53. The van der Waals surface area contributed by atoms with Gasteiger partial charge in [0.1, 0.15) is 23.0 Å². The number of fused-ring (bicyclic) bond motifs is 18. The van der Waals surface area contributed by atoms with E-state index in [-0.39, 0.29) is 11.8 Å². The van der Waals surface area contributed by atoms with E-state index in [0.29, 0.717) is 11.6 Å². The minimum absolute atomic E-state index is 0.0349. The summed E-state index contributed by atoms with van der Waals surface area (Å²) in [6, 6.07) is 132. The predicted molar refractivity (Wildman–Crippen MR) is 431 cm³/mol. The molecule has 6 heteroatoms. The Labute approximate surface area is 625 Å². The highest BCUT2D eigenvalue weighted by molar-refractivity contribution is 5.92. The maximum absolute atomic E-state index is 6.85. The van der Waals surface area contributed by atoms with E-state index in [1.165, 1.54) is 77.9 Å². The normalized spacial score (nSPS) is 15.1. The zero-order valence-electron chi connectivity index (χ0n) is 58.4. The largest absolute Gasteiger partial charge is 0.457 e. The smallest absolute Gasteiger partial charge is 0.160 e. The molecule has 2 aromatic heterocycles. The van der Waals surface area contributed by atoms with E-state index >= 15 is 0 Å². The third kappa shape index (κ3) is 8.77. The topological polar surface area (TPSA) is 70.0 Å². The molecular formula is C102H62N4O2. The Balaban J connectivity index is 0.610. The number of para-hydroxylation sites is 2. The number of ether oxygens (including phenoxy) is 2. The summed E-state index contributed by atoms with van der Waals surface area (Å²) >= 11 is 0. The van der Waals surface area contributed by atoms with Crippen molar-refractivity contribution in [3.63, 3.8) is 0 Å². The van der Waals surface area contributed by atoms with Gasteiger partial charge >= 0.3 is 0 Å². The van der Waals surface area contributed by atoms with Crippen LogP contribution in [0.4, 0.5) is 0 Å². The zero-order chi connectivity index (χ0) is 70.8. The van der Waals surface area contributed by atoms with Crippen LogP contribution in [0.1, 0.15) is 89.7 Å². The quantitative estimate of drug-likeness (QED) is 0.151. The Morgan fingerprint density at radius 2 is 0.481 bits per heavy atom. The fraction of sp³-hybridized carbons (Fsp3) is 0.0392. The molecule has 0 radical (unpaired) electrons. The lowest BCUT2D eigenvalue weighted by molar-refractivity contribution is 0.436. The van der Waals surface area contributed by atoms with Gasteiger partial charge in [0, 0.05) is 67.5 Å². The molecule has 0 amide bonds. The van der Waals surface area contributed by atoms with Crippen molar-refractivity contribution >= 4 is 0 Å². The molecule has 502 valence electrons. The van der Waals surface area contributed by atoms with Crippen LogP contribution in [-0.2, 0) is 10.8 Å². The van der Waals surface area contributed by atoms with Crippen LogP contribution in [0.2, 0.25) is 0 Å². The van der Waals surface area contributed by atoms with Crippen molar-refractivity contribution in [3.8, 4) is 135 Å². The summed E-state index contributed by atoms with van der Waals surface area (Å²) in [7, 11) is 0. The van der Waals surface area contributed by atoms with Gasteiger partial charge in [-0.1, -0.05) is 291 Å². The standard InChI is InChI=1S/C102H62N4O2/c1-3-23-61(24-4-1)89-59-91(67-29-21-27-63(53-67)65-47-51-95-87(57-65)101(85-41-17-19-43-93(85)107-95)81-37-13-9-31-71(81)72-32-10-14-38-82(72)101)105-99(103-89)69-45-49-77-79(55-69)97-75-35-7-8-36-76(75)98(77)80-56-70(46-50-78(80)97)100-104-90(62-25-5-2-6-26-62)60-92(106-100)68-30-22-28-64(54-68)66-48-52-96-88(58-66)102(86-42-18-20-44-94(86)108-96)83-39-15-11-33-73(83)74-34-12-16-40-84(74)102/h1-60,97-98H. The fourth-order valence-corrected chi connectivity index (χ4v) is 19.2. The van der Waals surface area contributed by atoms with Crippen LogP contribution < -0.4 is 9.47 Å². The van der Waals surface area contributed by atoms with Gasteiger partial charge in [-0.3, -0.25) is 0 Å². The maximum atomic E-state index is 6.85. The van der Waals surface area contributed by atoms with Gasteiger partial charge in [-0.2, -0.15) is 0 Å². The first-order valence-electron chi connectivity index (χ1n) is 37.2. The second-order valence-electron chi connectivity index (χ2n) is 29.3. The second-order valence-corrected chi connectivity index (χ2v) is 29.3. The molecule has 0 saturated heterocycles. The Morgan fingerprint density at radius 3 is 0.889 bits per heavy atom. The fourth-order valence-electron chi connectivity index (χ4n) is 19.2. The lowest BCUT2D eigenvalue weighted by Crippen LogP contribution is -2.32. The maximum Gasteiger partial charge on any atom is 0.160 e. The molecule has 0 saturated carbocycles. The summed E-state index contributed by atoms with van der Waals surface area (Å²) in [6.07, 6.45) is 0. The first-order chi connectivity index (χ1) is 53.5. The van der Waals surface area contributed by atoms with E-state index in [2.05, 4.69) is 364 Å². The molecule has 108 heavy (non-hydrogen) atoms. The number of aromatic nitrogens is 4. The van der Waals surface area contributed by atoms with Crippen molar-refractivity contribution < 1.29 is 9.47 Å². The van der Waals surface area contributed by atoms with Gasteiger partial charge in [0.05, 0.1) is 33.6 Å². The highest BCUT2D eigenvalue weighted by atomic mass is 16.5. The van der Waals surface area contributed by atoms with Crippen LogP contribution in [0.5, 0.6) is 23.0 Å². The molecule has 5 aliphatic carbocycles. The van der Waals surface area contributed by atoms with Crippen molar-refractivity contribution in [2.45, 2.75) is 22.7 Å². The molecule has 4 heterocycles. The molecule has 2 aliphatic heterocycles. The predicted octanol–water partition coefficient (Wildman–Crippen LogP) is 24.5. The van der Waals surface area contributed by atoms with Crippen LogP contribution in [0, 0.1) is 0 Å². The minimum atomic E-state index is -0.579. The van der Waals surface area contributed by atoms with Crippen molar-refractivity contribution in [3.05, 3.63) is 442 Å². The van der Waals surface area contributed by atoms with Crippen LogP contribution in [0.25, 0.3) is 112 Å². The van der Waals surface area contributed by atoms with Crippen molar-refractivity contribution in [2.75, 3.05) is 0 Å². The van der Waals surface area contributed by atoms with Crippen LogP contribution in [-0.4, -0.2) is 19.9 Å². The first kappa shape index (κ1) is 60.5. The molecule has 2 spiro atoms. The third-order valence-electron chi connectivity index (χ3n) is 23.8. The van der Waals surface area contributed by atoms with Gasteiger partial charge < -0.3 is 9.47 Å². The molecule has 17 aromatic rings. The Bertz CT molecular complexity index is 6180. The highest BCUT2D eigenvalue weighted by Crippen LogP contribution is 2.65. The lowest BCUT2D eigenvalue weighted by Gasteiger charge is -2.42. The Kier molecular flexibility index (Phi) is 13.0. The Morgan fingerprint density at radius 1 is 0.185 bits per heavy atom. The van der Waals surface area contributed by atoms with Gasteiger partial charge in [-0.15, -0.1) is 0 Å². The molecule has 2 unspecified atom stereocenters. The van der Waals surface area contributed by atoms with Crippen molar-refractivity contribution in [2.24, 2.45) is 0 Å². The summed E-state index contributed by atoms with van der Waals surface area (Å²) in [5.41, 5.74) is 34.9. The SMILES string of the molecule is c1ccc(-c2cc(-c3cccc(-c4ccc5c(c4)C4(c6ccccc6O5)c5ccccc5-c5ccccc54)c3)nc(-c3ccc4c(c3)C3c5ccccc5C4c4cc(-c5nc(-c6ccccc6)cc(-c6cccc(-c7ccc8c(c7)C7(c9ccccc9O8)c8ccccc8-c8ccccc87)c6)n5)ccc43)n2)cc1. The van der Waals surface area contributed by atoms with Crippen LogP contribution >= 0.6 is 0 Å². The molecule has 0 N–H and O–H groups in total. The van der Waals surface area contributed by atoms with Crippen LogP contribution in [0.15, 0.2) is 364 Å². The molecule has 24 rings (SSSR count). The number of hydrogen-bond acceptors (Lipinski definition) is 6. The minimum Gasteiger partial charge on any atom is -0.457 e. The lowest BCUT2D eigenvalue weighted by atomic mass is 9.61. The number of benzene rings is 15. The molecular weight excluding hydrogens is 1310 g/mol. The summed E-state index contributed by atoms with van der Waals surface area (Å²) in [5, 5.41) is 0. The van der Waals surface area contributed by atoms with Crippen molar-refractivity contribution in [1.29, 1.82) is 0 Å². The molecule has 6 nitrogen and oxygen atoms in total. The van der Waals surface area contributed by atoms with Gasteiger partial charge in [0.2, 0.25) is 0 Å². The monoisotopic (exact) mass is 1370 g/mol. The zero-order valence-corrected chi connectivity index (χ0v) is 58.4. The Hall–Kier alpha value is -13.9. The number of hydrogen-bond donors (Lipinski definition) is 0. The van der Waals surface area contributed by atoms with Gasteiger partial charge in [0.15, 0.2) is 11.6 Å². The second kappa shape index (κ2) is 23.3. The van der Waals surface area contributed by atoms with E-state index in [1.807, 2.05) is 0 Å². The number of rotatable bonds is 8. The summed E-state index contributed by atoms with van der Waals surface area (Å²) in [4.78, 5) is 22.0. The summed E-state index contributed by atoms with van der Waals surface area (Å²) in [6.45, 7) is 0. The summed E-state index contributed by atoms with van der Waals surface area (Å²) < 4.78 is 13.7. The first-order valence-corrected chi connectivity index (χ1v) is 37.2. The van der Waals surface area contributed by atoms with E-state index in [1.54, 1.807) is 0 Å². The summed E-state index contributed by atoms with van der Waals surface area (Å²) in [5.74, 6) is 4.75. The van der Waals surface area contributed by atoms with Gasteiger partial charge in [-0.25, -0.2) is 19.9 Å². The van der Waals surface area contributed by atoms with Crippen molar-refractivity contribution in [1.82, 2.24) is 19.9 Å². The van der Waals surface area contributed by atoms with E-state index in [9.17, 15) is 0 Å². The third-order valence-corrected chi connectivity index (χ3v) is 23.8.